The number of benzene rings is 1. The van der Waals surface area contributed by atoms with Crippen molar-refractivity contribution in [3.63, 3.8) is 0 Å². The number of carbonyl (C=O) groups excluding carboxylic acids is 1. The summed E-state index contributed by atoms with van der Waals surface area (Å²) in [6.07, 6.45) is 2.99. The first-order chi connectivity index (χ1) is 7.65. The second-order valence-electron chi connectivity index (χ2n) is 3.52. The molecule has 0 aromatic heterocycles. The average Bonchev–Trinajstić information content (AvgIpc) is 2.28. The number of rotatable bonds is 4. The first kappa shape index (κ1) is 13.5. The van der Waals surface area contributed by atoms with Crippen LogP contribution in [-0.4, -0.2) is 17.5 Å². The van der Waals surface area contributed by atoms with Crippen LogP contribution in [0.15, 0.2) is 34.1 Å². The van der Waals surface area contributed by atoms with Crippen molar-refractivity contribution in [2.75, 3.05) is 6.26 Å². The maximum absolute atomic E-state index is 11.6. The summed E-state index contributed by atoms with van der Waals surface area (Å²) in [5.41, 5.74) is 0. The van der Waals surface area contributed by atoms with Gasteiger partial charge in [-0.25, -0.2) is 0 Å². The first-order valence-corrected chi connectivity index (χ1v) is 7.32. The highest BCUT2D eigenvalue weighted by Gasteiger charge is 2.07. The van der Waals surface area contributed by atoms with Crippen molar-refractivity contribution >= 4 is 28.8 Å². The molecule has 1 amide bonds. The van der Waals surface area contributed by atoms with Crippen LogP contribution in [0.1, 0.15) is 20.3 Å². The van der Waals surface area contributed by atoms with Crippen LogP contribution < -0.4 is 5.32 Å². The van der Waals surface area contributed by atoms with Crippen LogP contribution in [0.4, 0.5) is 4.79 Å². The Morgan fingerprint density at radius 2 is 2.12 bits per heavy atom. The highest BCUT2D eigenvalue weighted by atomic mass is 32.2. The second-order valence-corrected chi connectivity index (χ2v) is 5.45. The van der Waals surface area contributed by atoms with Gasteiger partial charge in [0.2, 0.25) is 0 Å². The van der Waals surface area contributed by atoms with Crippen LogP contribution in [0.2, 0.25) is 0 Å². The Balaban J connectivity index is 2.55. The van der Waals surface area contributed by atoms with Gasteiger partial charge in [0, 0.05) is 15.8 Å². The summed E-state index contributed by atoms with van der Waals surface area (Å²) in [5, 5.41) is 2.95. The predicted octanol–water partition coefficient (Wildman–Crippen LogP) is 4.01. The van der Waals surface area contributed by atoms with E-state index in [2.05, 4.69) is 12.2 Å². The lowest BCUT2D eigenvalue weighted by atomic mass is 10.3. The van der Waals surface area contributed by atoms with E-state index < -0.39 is 0 Å². The number of hydrogen-bond acceptors (Lipinski definition) is 3. The van der Waals surface area contributed by atoms with Crippen molar-refractivity contribution in [2.45, 2.75) is 36.1 Å². The molecule has 88 valence electrons. The molecule has 0 fully saturated rings. The largest absolute Gasteiger partial charge is 0.344 e. The maximum Gasteiger partial charge on any atom is 0.284 e. The molecule has 0 aliphatic heterocycles. The van der Waals surface area contributed by atoms with Gasteiger partial charge in [-0.1, -0.05) is 13.0 Å². The van der Waals surface area contributed by atoms with E-state index in [9.17, 15) is 4.79 Å². The van der Waals surface area contributed by atoms with Gasteiger partial charge in [0.05, 0.1) is 0 Å². The molecule has 0 saturated carbocycles. The Morgan fingerprint density at radius 1 is 1.44 bits per heavy atom. The lowest BCUT2D eigenvalue weighted by Gasteiger charge is -2.10. The zero-order valence-electron chi connectivity index (χ0n) is 9.82. The molecule has 1 unspecified atom stereocenters. The molecule has 0 aliphatic carbocycles. The van der Waals surface area contributed by atoms with Crippen LogP contribution in [0, 0.1) is 0 Å². The van der Waals surface area contributed by atoms with Crippen molar-refractivity contribution < 1.29 is 4.79 Å². The van der Waals surface area contributed by atoms with Crippen molar-refractivity contribution in [1.29, 1.82) is 0 Å². The summed E-state index contributed by atoms with van der Waals surface area (Å²) in [5.74, 6) is 0. The zero-order chi connectivity index (χ0) is 12.0. The Hall–Kier alpha value is -0.610. The minimum absolute atomic E-state index is 0.0209. The fourth-order valence-corrected chi connectivity index (χ4v) is 2.45. The first-order valence-electron chi connectivity index (χ1n) is 5.28. The van der Waals surface area contributed by atoms with Gasteiger partial charge in [0.15, 0.2) is 0 Å². The Labute approximate surface area is 106 Å². The summed E-state index contributed by atoms with van der Waals surface area (Å²) in [6, 6.07) is 8.25. The summed E-state index contributed by atoms with van der Waals surface area (Å²) < 4.78 is 0. The van der Waals surface area contributed by atoms with Crippen LogP contribution in [0.25, 0.3) is 0 Å². The van der Waals surface area contributed by atoms with Crippen LogP contribution in [-0.2, 0) is 0 Å². The highest BCUT2D eigenvalue weighted by molar-refractivity contribution is 8.13. The topological polar surface area (TPSA) is 29.1 Å². The SMILES string of the molecule is CCC(C)NC(=O)Sc1cccc(SC)c1. The molecule has 0 saturated heterocycles. The Morgan fingerprint density at radius 3 is 2.75 bits per heavy atom. The lowest BCUT2D eigenvalue weighted by Crippen LogP contribution is -2.28. The molecule has 1 aromatic carbocycles. The van der Waals surface area contributed by atoms with E-state index >= 15 is 0 Å². The van der Waals surface area contributed by atoms with Crippen LogP contribution in [0.5, 0.6) is 0 Å². The lowest BCUT2D eigenvalue weighted by molar-refractivity contribution is 0.258. The number of thioether (sulfide) groups is 2. The number of amides is 1. The third kappa shape index (κ3) is 4.49. The second kappa shape index (κ2) is 6.86. The summed E-state index contributed by atoms with van der Waals surface area (Å²) >= 11 is 2.94. The van der Waals surface area contributed by atoms with Crippen molar-refractivity contribution in [2.24, 2.45) is 0 Å². The molecule has 0 aliphatic rings. The standard InChI is InChI=1S/C12H17NOS2/c1-4-9(2)13-12(14)16-11-7-5-6-10(8-11)15-3/h5-9H,4H2,1-3H3,(H,13,14). The monoisotopic (exact) mass is 255 g/mol. The maximum atomic E-state index is 11.6. The van der Waals surface area contributed by atoms with Gasteiger partial charge in [-0.2, -0.15) is 0 Å². The van der Waals surface area contributed by atoms with Gasteiger partial charge in [-0.3, -0.25) is 4.79 Å². The van der Waals surface area contributed by atoms with Crippen LogP contribution in [0.3, 0.4) is 0 Å². The van der Waals surface area contributed by atoms with Crippen molar-refractivity contribution in [1.82, 2.24) is 5.32 Å². The molecule has 1 aromatic rings. The fourth-order valence-electron chi connectivity index (χ4n) is 1.10. The van der Waals surface area contributed by atoms with E-state index in [4.69, 9.17) is 0 Å². The zero-order valence-corrected chi connectivity index (χ0v) is 11.5. The molecule has 16 heavy (non-hydrogen) atoms. The van der Waals surface area contributed by atoms with E-state index in [1.54, 1.807) is 11.8 Å². The van der Waals surface area contributed by atoms with Crippen LogP contribution >= 0.6 is 23.5 Å². The molecule has 0 spiro atoms. The van der Waals surface area contributed by atoms with E-state index in [0.717, 1.165) is 11.3 Å². The molecule has 1 rings (SSSR count). The smallest absolute Gasteiger partial charge is 0.284 e. The number of hydrogen-bond donors (Lipinski definition) is 1. The van der Waals surface area contributed by atoms with E-state index in [-0.39, 0.29) is 11.3 Å². The van der Waals surface area contributed by atoms with Gasteiger partial charge in [-0.15, -0.1) is 11.8 Å². The third-order valence-corrected chi connectivity index (χ3v) is 3.75. The molecule has 0 heterocycles. The quantitative estimate of drug-likeness (QED) is 0.824. The van der Waals surface area contributed by atoms with E-state index in [0.29, 0.717) is 0 Å². The number of nitrogens with one attached hydrogen (secondary N) is 1. The molecule has 2 nitrogen and oxygen atoms in total. The minimum atomic E-state index is 0.0209. The normalized spacial score (nSPS) is 12.2. The Kier molecular flexibility index (Phi) is 5.77. The third-order valence-electron chi connectivity index (χ3n) is 2.23. The van der Waals surface area contributed by atoms with Crippen molar-refractivity contribution in [3.8, 4) is 0 Å². The molecule has 0 bridgehead atoms. The Bertz CT molecular complexity index is 355. The molecule has 1 atom stereocenters. The van der Waals surface area contributed by atoms with Gasteiger partial charge in [0.1, 0.15) is 0 Å². The summed E-state index contributed by atoms with van der Waals surface area (Å²) in [7, 11) is 0. The summed E-state index contributed by atoms with van der Waals surface area (Å²) in [4.78, 5) is 13.8. The molecule has 1 N–H and O–H groups in total. The van der Waals surface area contributed by atoms with Crippen molar-refractivity contribution in [3.05, 3.63) is 24.3 Å². The molecular weight excluding hydrogens is 238 g/mol. The van der Waals surface area contributed by atoms with Gasteiger partial charge >= 0.3 is 0 Å². The highest BCUT2D eigenvalue weighted by Crippen LogP contribution is 2.24. The van der Waals surface area contributed by atoms with E-state index in [1.165, 1.54) is 16.7 Å². The minimum Gasteiger partial charge on any atom is -0.344 e. The molecular formula is C12H17NOS2. The van der Waals surface area contributed by atoms with Gasteiger partial charge in [-0.05, 0) is 49.6 Å². The number of carbonyl (C=O) groups is 1. The summed E-state index contributed by atoms with van der Waals surface area (Å²) in [6.45, 7) is 4.07. The predicted molar refractivity (Wildman–Crippen MR) is 72.4 cm³/mol. The molecule has 0 radical (unpaired) electrons. The molecule has 4 heteroatoms. The van der Waals surface area contributed by atoms with Gasteiger partial charge < -0.3 is 5.32 Å². The fraction of sp³-hybridized carbons (Fsp3) is 0.417. The van der Waals surface area contributed by atoms with E-state index in [1.807, 2.05) is 37.4 Å². The average molecular weight is 255 g/mol. The van der Waals surface area contributed by atoms with Gasteiger partial charge in [0.25, 0.3) is 5.24 Å².